The maximum atomic E-state index is 13.1. The Morgan fingerprint density at radius 2 is 1.86 bits per heavy atom. The quantitative estimate of drug-likeness (QED) is 0.907. The summed E-state index contributed by atoms with van der Waals surface area (Å²) in [5.41, 5.74) is 0.262. The van der Waals surface area contributed by atoms with Crippen LogP contribution >= 0.6 is 11.6 Å². The van der Waals surface area contributed by atoms with Gasteiger partial charge in [-0.1, -0.05) is 48.0 Å². The molecule has 2 aromatic rings. The third kappa shape index (κ3) is 4.16. The van der Waals surface area contributed by atoms with Gasteiger partial charge in [0.15, 0.2) is 9.84 Å². The Labute approximate surface area is 133 Å². The molecule has 2 aromatic carbocycles. The predicted octanol–water partition coefficient (Wildman–Crippen LogP) is 3.46. The van der Waals surface area contributed by atoms with Gasteiger partial charge in [0.2, 0.25) is 0 Å². The molecule has 1 N–H and O–H groups in total. The minimum absolute atomic E-state index is 0.0647. The van der Waals surface area contributed by atoms with Crippen LogP contribution in [0.15, 0.2) is 70.6 Å². The molecule has 0 aliphatic heterocycles. The lowest BCUT2D eigenvalue weighted by atomic mass is 10.1. The second-order valence-electron chi connectivity index (χ2n) is 4.64. The van der Waals surface area contributed by atoms with Crippen LogP contribution in [0.25, 0.3) is 0 Å². The zero-order valence-corrected chi connectivity index (χ0v) is 13.1. The highest BCUT2D eigenvalue weighted by Gasteiger charge is 2.16. The predicted molar refractivity (Wildman–Crippen MR) is 83.8 cm³/mol. The first-order valence-electron chi connectivity index (χ1n) is 6.47. The van der Waals surface area contributed by atoms with E-state index in [0.29, 0.717) is 0 Å². The molecule has 0 aromatic heterocycles. The highest BCUT2D eigenvalue weighted by molar-refractivity contribution is 7.91. The summed E-state index contributed by atoms with van der Waals surface area (Å²) < 4.78 is 37.3. The van der Waals surface area contributed by atoms with Crippen LogP contribution in [-0.4, -0.2) is 19.3 Å². The van der Waals surface area contributed by atoms with Gasteiger partial charge in [-0.15, -0.1) is 0 Å². The Morgan fingerprint density at radius 3 is 2.50 bits per heavy atom. The highest BCUT2D eigenvalue weighted by atomic mass is 35.5. The van der Waals surface area contributed by atoms with Crippen molar-refractivity contribution in [3.63, 3.8) is 0 Å². The molecule has 6 heteroatoms. The Hall–Kier alpha value is -1.69. The number of aliphatic hydroxyl groups is 1. The molecule has 0 radical (unpaired) electrons. The molecule has 116 valence electrons. The number of hydrogen-bond acceptors (Lipinski definition) is 3. The minimum Gasteiger partial charge on any atom is -0.383 e. The normalized spacial score (nSPS) is 13.9. The average molecular weight is 341 g/mol. The van der Waals surface area contributed by atoms with Gasteiger partial charge in [0.05, 0.1) is 10.6 Å². The molecule has 0 spiro atoms. The smallest absolute Gasteiger partial charge is 0.181 e. The van der Waals surface area contributed by atoms with Crippen LogP contribution in [0.3, 0.4) is 0 Å². The van der Waals surface area contributed by atoms with E-state index in [4.69, 9.17) is 11.6 Å². The molecular formula is C16H14ClFO3S. The molecule has 0 aliphatic carbocycles. The Balaban J connectivity index is 2.16. The first-order valence-corrected chi connectivity index (χ1v) is 8.50. The molecule has 3 nitrogen and oxygen atoms in total. The summed E-state index contributed by atoms with van der Waals surface area (Å²) in [5.74, 6) is -0.847. The largest absolute Gasteiger partial charge is 0.383 e. The van der Waals surface area contributed by atoms with Gasteiger partial charge < -0.3 is 5.11 Å². The zero-order chi connectivity index (χ0) is 16.2. The van der Waals surface area contributed by atoms with Gasteiger partial charge in [0, 0.05) is 5.03 Å². The maximum Gasteiger partial charge on any atom is 0.181 e. The zero-order valence-electron chi connectivity index (χ0n) is 11.5. The number of halogens is 2. The van der Waals surface area contributed by atoms with Crippen molar-refractivity contribution in [3.05, 3.63) is 77.1 Å². The van der Waals surface area contributed by atoms with Crippen molar-refractivity contribution in [2.45, 2.75) is 11.0 Å². The van der Waals surface area contributed by atoms with Gasteiger partial charge in [-0.3, -0.25) is 0 Å². The molecule has 1 unspecified atom stereocenters. The molecule has 0 saturated heterocycles. The van der Waals surface area contributed by atoms with E-state index in [2.05, 4.69) is 0 Å². The van der Waals surface area contributed by atoms with Crippen LogP contribution < -0.4 is 0 Å². The van der Waals surface area contributed by atoms with Crippen LogP contribution in [-0.2, 0) is 9.84 Å². The van der Waals surface area contributed by atoms with E-state index in [1.807, 2.05) is 0 Å². The van der Waals surface area contributed by atoms with E-state index >= 15 is 0 Å². The summed E-state index contributed by atoms with van der Waals surface area (Å²) in [6.07, 6.45) is -0.0391. The lowest BCUT2D eigenvalue weighted by Gasteiger charge is -2.10. The summed E-state index contributed by atoms with van der Waals surface area (Å²) in [4.78, 5) is 0.177. The van der Waals surface area contributed by atoms with Crippen molar-refractivity contribution in [3.8, 4) is 0 Å². The van der Waals surface area contributed by atoms with E-state index in [1.165, 1.54) is 36.4 Å². The van der Waals surface area contributed by atoms with Crippen molar-refractivity contribution < 1.29 is 17.9 Å². The van der Waals surface area contributed by atoms with Crippen LogP contribution in [0.5, 0.6) is 0 Å². The van der Waals surface area contributed by atoms with E-state index in [0.717, 1.165) is 6.07 Å². The molecule has 0 bridgehead atoms. The lowest BCUT2D eigenvalue weighted by molar-refractivity contribution is 0.223. The monoisotopic (exact) mass is 340 g/mol. The third-order valence-electron chi connectivity index (χ3n) is 3.03. The van der Waals surface area contributed by atoms with Crippen molar-refractivity contribution >= 4 is 21.4 Å². The second-order valence-corrected chi connectivity index (χ2v) is 7.11. The number of sulfone groups is 1. The first kappa shape index (κ1) is 16.7. The summed E-state index contributed by atoms with van der Waals surface area (Å²) in [6, 6.07) is 13.3. The van der Waals surface area contributed by atoms with E-state index in [9.17, 15) is 17.9 Å². The van der Waals surface area contributed by atoms with Crippen LogP contribution in [0.4, 0.5) is 4.39 Å². The van der Waals surface area contributed by atoms with E-state index in [1.54, 1.807) is 18.2 Å². The molecule has 0 aliphatic rings. The van der Waals surface area contributed by atoms with E-state index in [-0.39, 0.29) is 21.2 Å². The molecule has 0 amide bonds. The first-order chi connectivity index (χ1) is 10.4. The molecule has 0 heterocycles. The Morgan fingerprint density at radius 1 is 1.18 bits per heavy atom. The molecular weight excluding hydrogens is 327 g/mol. The van der Waals surface area contributed by atoms with Crippen molar-refractivity contribution in [1.29, 1.82) is 0 Å². The van der Waals surface area contributed by atoms with Crippen LogP contribution in [0.1, 0.15) is 11.7 Å². The van der Waals surface area contributed by atoms with Gasteiger partial charge in [0.1, 0.15) is 11.9 Å². The standard InChI is InChI=1S/C16H14ClFO3S/c17-15(16(19)12-5-4-6-13(18)11-12)9-10-22(20,21)14-7-2-1-3-8-14/h1-9,11,16,19H,10H2/b15-9-. The van der Waals surface area contributed by atoms with Crippen LogP contribution in [0, 0.1) is 5.82 Å². The SMILES string of the molecule is O=S(=O)(C/C=C(\Cl)C(O)c1cccc(F)c1)c1ccccc1. The summed E-state index contributed by atoms with van der Waals surface area (Å²) >= 11 is 5.94. The van der Waals surface area contributed by atoms with Gasteiger partial charge in [-0.25, -0.2) is 12.8 Å². The van der Waals surface area contributed by atoms with Crippen molar-refractivity contribution in [1.82, 2.24) is 0 Å². The molecule has 0 saturated carbocycles. The van der Waals surface area contributed by atoms with Gasteiger partial charge in [-0.05, 0) is 29.8 Å². The fourth-order valence-electron chi connectivity index (χ4n) is 1.86. The summed E-state index contributed by atoms with van der Waals surface area (Å²) in [7, 11) is -3.53. The molecule has 2 rings (SSSR count). The maximum absolute atomic E-state index is 13.1. The summed E-state index contributed by atoms with van der Waals surface area (Å²) in [6.45, 7) is 0. The number of aliphatic hydroxyl groups excluding tert-OH is 1. The molecule has 22 heavy (non-hydrogen) atoms. The number of rotatable bonds is 5. The fourth-order valence-corrected chi connectivity index (χ4v) is 3.32. The lowest BCUT2D eigenvalue weighted by Crippen LogP contribution is -2.06. The Bertz CT molecular complexity index is 773. The second kappa shape index (κ2) is 7.05. The minimum atomic E-state index is -3.53. The average Bonchev–Trinajstić information content (AvgIpc) is 2.53. The van der Waals surface area contributed by atoms with Gasteiger partial charge in [-0.2, -0.15) is 0 Å². The topological polar surface area (TPSA) is 54.4 Å². The molecule has 0 fully saturated rings. The van der Waals surface area contributed by atoms with Crippen molar-refractivity contribution in [2.75, 3.05) is 5.75 Å². The highest BCUT2D eigenvalue weighted by Crippen LogP contribution is 2.25. The van der Waals surface area contributed by atoms with E-state index < -0.39 is 21.8 Å². The fraction of sp³-hybridized carbons (Fsp3) is 0.125. The summed E-state index contributed by atoms with van der Waals surface area (Å²) in [5, 5.41) is 9.95. The number of hydrogen-bond donors (Lipinski definition) is 1. The van der Waals surface area contributed by atoms with Gasteiger partial charge in [0.25, 0.3) is 0 Å². The van der Waals surface area contributed by atoms with Gasteiger partial charge >= 0.3 is 0 Å². The van der Waals surface area contributed by atoms with Crippen molar-refractivity contribution in [2.24, 2.45) is 0 Å². The Kier molecular flexibility index (Phi) is 5.34. The third-order valence-corrected chi connectivity index (χ3v) is 4.98. The van der Waals surface area contributed by atoms with Crippen LogP contribution in [0.2, 0.25) is 0 Å². The molecule has 1 atom stereocenters. The number of benzene rings is 2.